The minimum atomic E-state index is 0.00343. The molecule has 1 fully saturated rings. The highest BCUT2D eigenvalue weighted by atomic mass is 16.5. The lowest BCUT2D eigenvalue weighted by molar-refractivity contribution is -0.00187. The van der Waals surface area contributed by atoms with Crippen molar-refractivity contribution in [2.75, 3.05) is 38.3 Å². The van der Waals surface area contributed by atoms with Crippen LogP contribution in [0.3, 0.4) is 0 Å². The Hall–Kier alpha value is -3.39. The van der Waals surface area contributed by atoms with E-state index in [1.54, 1.807) is 0 Å². The zero-order valence-electron chi connectivity index (χ0n) is 20.1. The molecule has 5 rings (SSSR count). The molecule has 178 valence electrons. The number of nitrogens with zero attached hydrogens (tertiary/aromatic N) is 5. The number of rotatable bonds is 6. The van der Waals surface area contributed by atoms with Crippen LogP contribution in [0.2, 0.25) is 0 Å². The Bertz CT molecular complexity index is 1230. The molecule has 2 aromatic heterocycles. The van der Waals surface area contributed by atoms with E-state index in [1.807, 2.05) is 17.4 Å². The highest BCUT2D eigenvalue weighted by molar-refractivity contribution is 5.80. The van der Waals surface area contributed by atoms with E-state index < -0.39 is 0 Å². The molecule has 0 bridgehead atoms. The second-order valence-electron chi connectivity index (χ2n) is 8.93. The van der Waals surface area contributed by atoms with Gasteiger partial charge in [0.15, 0.2) is 0 Å². The SMILES string of the molecule is CCc1cc(C2=CCN(C(=O)NC3COC3)CC2)ccc1N(C)c1cc2c(cn1)ncn2CC. The predicted octanol–water partition coefficient (Wildman–Crippen LogP) is 3.98. The molecule has 0 aliphatic carbocycles. The summed E-state index contributed by atoms with van der Waals surface area (Å²) >= 11 is 0. The molecule has 2 aliphatic heterocycles. The van der Waals surface area contributed by atoms with E-state index in [9.17, 15) is 4.79 Å². The molecule has 34 heavy (non-hydrogen) atoms. The van der Waals surface area contributed by atoms with Crippen LogP contribution in [0.15, 0.2) is 42.9 Å². The summed E-state index contributed by atoms with van der Waals surface area (Å²) in [5.41, 5.74) is 6.97. The lowest BCUT2D eigenvalue weighted by atomic mass is 9.96. The number of ether oxygens (including phenoxy) is 1. The van der Waals surface area contributed by atoms with Crippen molar-refractivity contribution < 1.29 is 9.53 Å². The van der Waals surface area contributed by atoms with Gasteiger partial charge in [-0.1, -0.05) is 19.1 Å². The Labute approximate surface area is 200 Å². The molecule has 3 aromatic rings. The maximum atomic E-state index is 12.4. The Morgan fingerprint density at radius 3 is 2.76 bits per heavy atom. The molecule has 0 saturated carbocycles. The van der Waals surface area contributed by atoms with E-state index in [1.165, 1.54) is 16.7 Å². The van der Waals surface area contributed by atoms with Gasteiger partial charge in [0, 0.05) is 38.4 Å². The van der Waals surface area contributed by atoms with E-state index in [2.05, 4.69) is 76.0 Å². The Kier molecular flexibility index (Phi) is 6.24. The summed E-state index contributed by atoms with van der Waals surface area (Å²) in [5.74, 6) is 0.903. The van der Waals surface area contributed by atoms with E-state index in [0.29, 0.717) is 19.8 Å². The fourth-order valence-corrected chi connectivity index (χ4v) is 4.61. The zero-order chi connectivity index (χ0) is 23.7. The van der Waals surface area contributed by atoms with E-state index >= 15 is 0 Å². The van der Waals surface area contributed by atoms with E-state index in [4.69, 9.17) is 4.74 Å². The second kappa shape index (κ2) is 9.46. The molecule has 2 amide bonds. The molecule has 8 heteroatoms. The van der Waals surface area contributed by atoms with Crippen LogP contribution in [-0.2, 0) is 17.7 Å². The molecule has 1 saturated heterocycles. The molecule has 0 atom stereocenters. The molecule has 1 aromatic carbocycles. The first kappa shape index (κ1) is 22.4. The van der Waals surface area contributed by atoms with Gasteiger partial charge < -0.3 is 24.4 Å². The number of carbonyl (C=O) groups is 1. The Morgan fingerprint density at radius 2 is 2.09 bits per heavy atom. The molecule has 1 N–H and O–H groups in total. The van der Waals surface area contributed by atoms with Crippen LogP contribution in [0.4, 0.5) is 16.3 Å². The molecular formula is C26H32N6O2. The van der Waals surface area contributed by atoms with Crippen LogP contribution < -0.4 is 10.2 Å². The number of benzene rings is 1. The van der Waals surface area contributed by atoms with Gasteiger partial charge in [-0.3, -0.25) is 0 Å². The van der Waals surface area contributed by atoms with Crippen molar-refractivity contribution in [3.8, 4) is 0 Å². The standard InChI is InChI=1S/C26H32N6O2/c1-4-18-12-20(19-8-10-32(11-9-19)26(33)29-21-15-34-16-21)6-7-23(18)30(3)25-13-24-22(14-27-25)28-17-31(24)5-2/h6-8,12-14,17,21H,4-5,9-11,15-16H2,1-3H3,(H,29,33). The third kappa shape index (κ3) is 4.25. The topological polar surface area (TPSA) is 75.5 Å². The summed E-state index contributed by atoms with van der Waals surface area (Å²) in [5, 5.41) is 3.03. The van der Waals surface area contributed by atoms with Gasteiger partial charge >= 0.3 is 6.03 Å². The fraction of sp³-hybridized carbons (Fsp3) is 0.423. The van der Waals surface area contributed by atoms with Crippen molar-refractivity contribution in [3.05, 3.63) is 54.0 Å². The molecular weight excluding hydrogens is 428 g/mol. The number of hydrogen-bond acceptors (Lipinski definition) is 5. The summed E-state index contributed by atoms with van der Waals surface area (Å²) in [6.07, 6.45) is 7.67. The van der Waals surface area contributed by atoms with Gasteiger partial charge in [0.25, 0.3) is 0 Å². The van der Waals surface area contributed by atoms with Crippen molar-refractivity contribution in [1.82, 2.24) is 24.8 Å². The third-order valence-corrected chi connectivity index (χ3v) is 6.83. The van der Waals surface area contributed by atoms with Crippen LogP contribution in [0.5, 0.6) is 0 Å². The molecule has 0 radical (unpaired) electrons. The highest BCUT2D eigenvalue weighted by Gasteiger charge is 2.25. The average molecular weight is 461 g/mol. The first-order chi connectivity index (χ1) is 16.6. The summed E-state index contributed by atoms with van der Waals surface area (Å²) in [6, 6.07) is 8.93. The maximum Gasteiger partial charge on any atom is 0.318 e. The van der Waals surface area contributed by atoms with E-state index in [0.717, 1.165) is 48.5 Å². The predicted molar refractivity (Wildman–Crippen MR) is 134 cm³/mol. The van der Waals surface area contributed by atoms with Crippen molar-refractivity contribution in [1.29, 1.82) is 0 Å². The first-order valence-corrected chi connectivity index (χ1v) is 12.1. The number of amides is 2. The van der Waals surface area contributed by atoms with E-state index in [-0.39, 0.29) is 12.1 Å². The second-order valence-corrected chi connectivity index (χ2v) is 8.93. The molecule has 0 unspecified atom stereocenters. The Balaban J connectivity index is 1.33. The van der Waals surface area contributed by atoms with Crippen molar-refractivity contribution in [2.24, 2.45) is 0 Å². The molecule has 0 spiro atoms. The number of aryl methyl sites for hydroxylation is 2. The van der Waals surface area contributed by atoms with Crippen LogP contribution in [0.25, 0.3) is 16.6 Å². The molecule has 8 nitrogen and oxygen atoms in total. The summed E-state index contributed by atoms with van der Waals surface area (Å²) in [7, 11) is 2.07. The van der Waals surface area contributed by atoms with Gasteiger partial charge in [-0.25, -0.2) is 14.8 Å². The normalized spacial score (nSPS) is 16.3. The number of imidazole rings is 1. The fourth-order valence-electron chi connectivity index (χ4n) is 4.61. The van der Waals surface area contributed by atoms with Crippen LogP contribution >= 0.6 is 0 Å². The maximum absolute atomic E-state index is 12.4. The number of fused-ring (bicyclic) bond motifs is 1. The average Bonchev–Trinajstić information content (AvgIpc) is 3.27. The van der Waals surface area contributed by atoms with Crippen molar-refractivity contribution in [3.63, 3.8) is 0 Å². The van der Waals surface area contributed by atoms with Gasteiger partial charge in [0.05, 0.1) is 37.3 Å². The van der Waals surface area contributed by atoms with Gasteiger partial charge in [0.2, 0.25) is 0 Å². The molecule has 4 heterocycles. The van der Waals surface area contributed by atoms with Crippen LogP contribution in [-0.4, -0.2) is 64.9 Å². The highest BCUT2D eigenvalue weighted by Crippen LogP contribution is 2.32. The van der Waals surface area contributed by atoms with Crippen LogP contribution in [0.1, 0.15) is 31.4 Å². The number of carbonyl (C=O) groups excluding carboxylic acids is 1. The number of nitrogens with one attached hydrogen (secondary N) is 1. The minimum Gasteiger partial charge on any atom is -0.377 e. The number of aromatic nitrogens is 3. The van der Waals surface area contributed by atoms with Crippen molar-refractivity contribution >= 4 is 34.1 Å². The third-order valence-electron chi connectivity index (χ3n) is 6.83. The summed E-state index contributed by atoms with van der Waals surface area (Å²) in [6.45, 7) is 7.77. The summed E-state index contributed by atoms with van der Waals surface area (Å²) in [4.78, 5) is 25.5. The molecule has 2 aliphatic rings. The largest absolute Gasteiger partial charge is 0.377 e. The summed E-state index contributed by atoms with van der Waals surface area (Å²) < 4.78 is 7.28. The van der Waals surface area contributed by atoms with Crippen LogP contribution in [0, 0.1) is 0 Å². The number of hydrogen-bond donors (Lipinski definition) is 1. The quantitative estimate of drug-likeness (QED) is 0.602. The van der Waals surface area contributed by atoms with Crippen molar-refractivity contribution in [2.45, 2.75) is 39.3 Å². The number of anilines is 2. The zero-order valence-corrected chi connectivity index (χ0v) is 20.1. The van der Waals surface area contributed by atoms with Gasteiger partial charge in [-0.05, 0) is 48.6 Å². The number of urea groups is 1. The smallest absolute Gasteiger partial charge is 0.318 e. The lowest BCUT2D eigenvalue weighted by Crippen LogP contribution is -2.53. The number of pyridine rings is 1. The van der Waals surface area contributed by atoms with Gasteiger partial charge in [0.1, 0.15) is 11.3 Å². The van der Waals surface area contributed by atoms with Gasteiger partial charge in [-0.15, -0.1) is 0 Å². The van der Waals surface area contributed by atoms with Gasteiger partial charge in [-0.2, -0.15) is 0 Å². The Morgan fingerprint density at radius 1 is 1.24 bits per heavy atom. The minimum absolute atomic E-state index is 0.00343. The first-order valence-electron chi connectivity index (χ1n) is 12.1. The monoisotopic (exact) mass is 460 g/mol. The lowest BCUT2D eigenvalue weighted by Gasteiger charge is -2.32.